The predicted octanol–water partition coefficient (Wildman–Crippen LogP) is 0.509. The van der Waals surface area contributed by atoms with Gasteiger partial charge in [0.1, 0.15) is 6.54 Å². The lowest BCUT2D eigenvalue weighted by Gasteiger charge is -2.25. The molecule has 0 radical (unpaired) electrons. The minimum absolute atomic E-state index is 0.151. The fourth-order valence-corrected chi connectivity index (χ4v) is 2.08. The van der Waals surface area contributed by atoms with E-state index < -0.39 is 0 Å². The molecule has 0 unspecified atom stereocenters. The molecule has 0 aromatic carbocycles. The third-order valence-corrected chi connectivity index (χ3v) is 2.79. The third-order valence-electron chi connectivity index (χ3n) is 2.79. The van der Waals surface area contributed by atoms with Crippen molar-refractivity contribution < 1.29 is 10.4 Å². The zero-order chi connectivity index (χ0) is 8.97. The molecule has 1 saturated carbocycles. The molecular formula is C10H22NO+. The lowest BCUT2D eigenvalue weighted by Crippen LogP contribution is -2.92. The first-order valence-electron chi connectivity index (χ1n) is 5.20. The van der Waals surface area contributed by atoms with Crippen LogP contribution >= 0.6 is 0 Å². The second-order valence-electron chi connectivity index (χ2n) is 4.35. The molecule has 1 aliphatic carbocycles. The number of hydrogen-bond donors (Lipinski definition) is 2. The fraction of sp³-hybridized carbons (Fsp3) is 1.00. The minimum Gasteiger partial charge on any atom is -0.388 e. The van der Waals surface area contributed by atoms with E-state index >= 15 is 0 Å². The number of hydrogen-bond acceptors (Lipinski definition) is 1. The van der Waals surface area contributed by atoms with Gasteiger partial charge in [-0.15, -0.1) is 0 Å². The molecule has 1 aliphatic rings. The topological polar surface area (TPSA) is 36.8 Å². The number of aliphatic hydroxyl groups is 1. The van der Waals surface area contributed by atoms with Crippen molar-refractivity contribution in [2.45, 2.75) is 51.7 Å². The van der Waals surface area contributed by atoms with E-state index in [2.05, 4.69) is 12.2 Å². The van der Waals surface area contributed by atoms with Gasteiger partial charge in [-0.05, 0) is 25.7 Å². The van der Waals surface area contributed by atoms with E-state index in [-0.39, 0.29) is 6.10 Å². The second-order valence-corrected chi connectivity index (χ2v) is 4.35. The molecule has 12 heavy (non-hydrogen) atoms. The van der Waals surface area contributed by atoms with E-state index in [4.69, 9.17) is 5.11 Å². The van der Waals surface area contributed by atoms with Crippen molar-refractivity contribution in [1.82, 2.24) is 0 Å². The molecule has 0 aromatic heterocycles. The molecule has 0 aliphatic heterocycles. The molecule has 3 atom stereocenters. The van der Waals surface area contributed by atoms with Gasteiger partial charge >= 0.3 is 0 Å². The SMILES string of the molecule is C[C@H]1CCC[C@H]([NH2+]C[C@@H](C)O)C1. The number of rotatable bonds is 3. The summed E-state index contributed by atoms with van der Waals surface area (Å²) in [7, 11) is 0. The first kappa shape index (κ1) is 10.0. The van der Waals surface area contributed by atoms with E-state index in [1.165, 1.54) is 25.7 Å². The van der Waals surface area contributed by atoms with Crippen molar-refractivity contribution in [1.29, 1.82) is 0 Å². The van der Waals surface area contributed by atoms with Gasteiger partial charge in [0.2, 0.25) is 0 Å². The lowest BCUT2D eigenvalue weighted by atomic mass is 9.87. The molecule has 1 rings (SSSR count). The van der Waals surface area contributed by atoms with Gasteiger partial charge in [0, 0.05) is 6.42 Å². The van der Waals surface area contributed by atoms with E-state index in [0.717, 1.165) is 18.5 Å². The average Bonchev–Trinajstić information content (AvgIpc) is 2.01. The Hall–Kier alpha value is -0.0800. The molecule has 2 heteroatoms. The van der Waals surface area contributed by atoms with Crippen molar-refractivity contribution in [3.8, 4) is 0 Å². The molecule has 2 nitrogen and oxygen atoms in total. The van der Waals surface area contributed by atoms with Gasteiger partial charge in [-0.25, -0.2) is 0 Å². The van der Waals surface area contributed by atoms with Gasteiger partial charge in [0.15, 0.2) is 0 Å². The van der Waals surface area contributed by atoms with Gasteiger partial charge in [0.05, 0.1) is 12.1 Å². The lowest BCUT2D eigenvalue weighted by molar-refractivity contribution is -0.697. The average molecular weight is 172 g/mol. The minimum atomic E-state index is -0.151. The van der Waals surface area contributed by atoms with Crippen LogP contribution in [0.4, 0.5) is 0 Å². The maximum absolute atomic E-state index is 9.12. The van der Waals surface area contributed by atoms with Crippen molar-refractivity contribution >= 4 is 0 Å². The smallest absolute Gasteiger partial charge is 0.102 e. The van der Waals surface area contributed by atoms with Crippen LogP contribution in [0.3, 0.4) is 0 Å². The summed E-state index contributed by atoms with van der Waals surface area (Å²) >= 11 is 0. The van der Waals surface area contributed by atoms with Crippen LogP contribution in [0, 0.1) is 5.92 Å². The number of quaternary nitrogens is 1. The monoisotopic (exact) mass is 172 g/mol. The van der Waals surface area contributed by atoms with Crippen molar-refractivity contribution in [3.05, 3.63) is 0 Å². The van der Waals surface area contributed by atoms with Crippen LogP contribution in [-0.2, 0) is 0 Å². The Morgan fingerprint density at radius 1 is 1.50 bits per heavy atom. The summed E-state index contributed by atoms with van der Waals surface area (Å²) in [5, 5.41) is 11.4. The van der Waals surface area contributed by atoms with Crippen LogP contribution in [0.1, 0.15) is 39.5 Å². The Labute approximate surface area is 75.4 Å². The van der Waals surface area contributed by atoms with E-state index in [1.54, 1.807) is 0 Å². The quantitative estimate of drug-likeness (QED) is 0.639. The zero-order valence-electron chi connectivity index (χ0n) is 8.29. The maximum Gasteiger partial charge on any atom is 0.102 e. The van der Waals surface area contributed by atoms with Gasteiger partial charge in [-0.1, -0.05) is 13.3 Å². The summed E-state index contributed by atoms with van der Waals surface area (Å²) < 4.78 is 0. The normalized spacial score (nSPS) is 33.2. The van der Waals surface area contributed by atoms with Gasteiger partial charge in [-0.3, -0.25) is 0 Å². The largest absolute Gasteiger partial charge is 0.388 e. The first-order chi connectivity index (χ1) is 5.68. The maximum atomic E-state index is 9.12. The Bertz CT molecular complexity index is 125. The van der Waals surface area contributed by atoms with Crippen molar-refractivity contribution in [2.24, 2.45) is 5.92 Å². The fourth-order valence-electron chi connectivity index (χ4n) is 2.08. The highest BCUT2D eigenvalue weighted by Crippen LogP contribution is 2.21. The third kappa shape index (κ3) is 3.55. The molecule has 72 valence electrons. The molecular weight excluding hydrogens is 150 g/mol. The van der Waals surface area contributed by atoms with Crippen LogP contribution in [0.15, 0.2) is 0 Å². The standard InChI is InChI=1S/C10H21NO/c1-8-4-3-5-10(6-8)11-7-9(2)12/h8-12H,3-7H2,1-2H3/p+1/t8-,9+,10-/m0/s1. The number of nitrogens with two attached hydrogens (primary N) is 1. The first-order valence-corrected chi connectivity index (χ1v) is 5.20. The van der Waals surface area contributed by atoms with Crippen LogP contribution in [0.2, 0.25) is 0 Å². The van der Waals surface area contributed by atoms with Crippen molar-refractivity contribution in [2.75, 3.05) is 6.54 Å². The van der Waals surface area contributed by atoms with E-state index in [0.29, 0.717) is 0 Å². The summed E-state index contributed by atoms with van der Waals surface area (Å²) in [6, 6.07) is 0.781. The summed E-state index contributed by atoms with van der Waals surface area (Å²) in [5.41, 5.74) is 0. The molecule has 0 bridgehead atoms. The summed E-state index contributed by atoms with van der Waals surface area (Å²) in [4.78, 5) is 0. The van der Waals surface area contributed by atoms with Crippen LogP contribution in [-0.4, -0.2) is 23.8 Å². The van der Waals surface area contributed by atoms with Crippen LogP contribution in [0.5, 0.6) is 0 Å². The summed E-state index contributed by atoms with van der Waals surface area (Å²) in [5.74, 6) is 0.897. The zero-order valence-corrected chi connectivity index (χ0v) is 8.29. The number of aliphatic hydroxyl groups excluding tert-OH is 1. The van der Waals surface area contributed by atoms with Crippen LogP contribution < -0.4 is 5.32 Å². The molecule has 0 heterocycles. The molecule has 0 aromatic rings. The molecule has 1 fully saturated rings. The van der Waals surface area contributed by atoms with E-state index in [9.17, 15) is 0 Å². The van der Waals surface area contributed by atoms with E-state index in [1.807, 2.05) is 6.92 Å². The van der Waals surface area contributed by atoms with Gasteiger partial charge < -0.3 is 10.4 Å². The molecule has 0 saturated heterocycles. The Morgan fingerprint density at radius 2 is 2.25 bits per heavy atom. The Balaban J connectivity index is 2.14. The highest BCUT2D eigenvalue weighted by Gasteiger charge is 2.21. The highest BCUT2D eigenvalue weighted by molar-refractivity contribution is 4.68. The summed E-state index contributed by atoms with van der Waals surface area (Å²) in [6.45, 7) is 5.07. The van der Waals surface area contributed by atoms with Crippen LogP contribution in [0.25, 0.3) is 0 Å². The predicted molar refractivity (Wildman–Crippen MR) is 49.9 cm³/mol. The Kier molecular flexibility index (Phi) is 4.02. The molecule has 0 amide bonds. The molecule has 0 spiro atoms. The second kappa shape index (κ2) is 4.83. The van der Waals surface area contributed by atoms with Gasteiger partial charge in [-0.2, -0.15) is 0 Å². The highest BCUT2D eigenvalue weighted by atomic mass is 16.3. The van der Waals surface area contributed by atoms with Gasteiger partial charge in [0.25, 0.3) is 0 Å². The Morgan fingerprint density at radius 3 is 2.83 bits per heavy atom. The summed E-state index contributed by atoms with van der Waals surface area (Å²) in [6.07, 6.45) is 5.31. The van der Waals surface area contributed by atoms with Crippen molar-refractivity contribution in [3.63, 3.8) is 0 Å². The molecule has 3 N–H and O–H groups in total.